The van der Waals surface area contributed by atoms with Crippen molar-refractivity contribution in [3.8, 4) is 0 Å². The number of hydrogen-bond acceptors (Lipinski definition) is 7. The number of piperidine rings is 1. The molecule has 1 aromatic carbocycles. The molecular weight excluding hydrogens is 685 g/mol. The number of ketones is 1. The summed E-state index contributed by atoms with van der Waals surface area (Å²) >= 11 is 0. The topological polar surface area (TPSA) is 174 Å². The summed E-state index contributed by atoms with van der Waals surface area (Å²) in [6.07, 6.45) is 3.06. The normalized spacial score (nSPS) is 20.9. The summed E-state index contributed by atoms with van der Waals surface area (Å²) in [7, 11) is -2.45. The first-order valence-electron chi connectivity index (χ1n) is 17.9. The van der Waals surface area contributed by atoms with Crippen LogP contribution in [0.4, 0.5) is 4.79 Å². The van der Waals surface area contributed by atoms with Crippen molar-refractivity contribution in [2.24, 2.45) is 22.7 Å². The number of urea groups is 1. The summed E-state index contributed by atoms with van der Waals surface area (Å²) < 4.78 is 27.7. The van der Waals surface area contributed by atoms with Crippen LogP contribution in [0, 0.1) is 29.6 Å². The SMILES string of the molecule is C=CCNC(=O)C(=O)C(CCCC)NC(=O)[C@@H]1[C@@H]2[C@H](CN1C(=O)[C@@H](NC(=O)N[C@H](CN(C)S(=O)(=O)c1ccc(C)cc1)C(=C)C)C(C)(C)C)C2(C)C. The van der Waals surface area contributed by atoms with E-state index in [1.165, 1.54) is 30.2 Å². The highest BCUT2D eigenvalue weighted by molar-refractivity contribution is 7.89. The Bertz CT molecular complexity index is 1650. The van der Waals surface area contributed by atoms with Gasteiger partial charge in [-0.2, -0.15) is 4.31 Å². The van der Waals surface area contributed by atoms with E-state index >= 15 is 0 Å². The van der Waals surface area contributed by atoms with Crippen molar-refractivity contribution in [2.75, 3.05) is 26.7 Å². The third kappa shape index (κ3) is 9.68. The van der Waals surface area contributed by atoms with Crippen molar-refractivity contribution in [1.29, 1.82) is 0 Å². The Labute approximate surface area is 309 Å². The van der Waals surface area contributed by atoms with Crippen molar-refractivity contribution >= 4 is 39.6 Å². The number of hydrogen-bond donors (Lipinski definition) is 4. The molecule has 6 atom stereocenters. The second-order valence-electron chi connectivity index (χ2n) is 15.9. The largest absolute Gasteiger partial charge is 0.346 e. The number of unbranched alkanes of at least 4 members (excludes halogenated alkanes) is 1. The number of nitrogens with one attached hydrogen (secondary N) is 4. The summed E-state index contributed by atoms with van der Waals surface area (Å²) in [5.74, 6) is -2.71. The van der Waals surface area contributed by atoms with E-state index in [1.807, 2.05) is 27.7 Å². The van der Waals surface area contributed by atoms with E-state index in [1.54, 1.807) is 39.8 Å². The average Bonchev–Trinajstić information content (AvgIpc) is 3.37. The number of rotatable bonds is 17. The van der Waals surface area contributed by atoms with Gasteiger partial charge in [0.2, 0.25) is 27.6 Å². The van der Waals surface area contributed by atoms with Crippen LogP contribution in [0.5, 0.6) is 0 Å². The van der Waals surface area contributed by atoms with Gasteiger partial charge < -0.3 is 26.2 Å². The summed E-state index contributed by atoms with van der Waals surface area (Å²) in [5.41, 5.74) is 0.388. The summed E-state index contributed by atoms with van der Waals surface area (Å²) in [5, 5.41) is 10.9. The first kappa shape index (κ1) is 42.4. The van der Waals surface area contributed by atoms with Gasteiger partial charge in [0, 0.05) is 26.7 Å². The standard InChI is InChI=1S/C38H58N6O7S/c1-12-14-15-27(31(45)34(47)39-20-13-2)40-33(46)30-29-26(38(29,9)10)21-44(30)35(48)32(37(6,7)8)42-36(49)41-28(23(3)4)22-43(11)52(50,51)25-18-16-24(5)17-19-25/h13,16-19,26-30,32H,2-3,12,14-15,20-22H2,1,4-11H3,(H,39,47)(H,40,46)(H2,41,42,49)/t26-,27?,28+,29-,30-,32+/m0/s1. The minimum atomic E-state index is -3.87. The number of fused-ring (bicyclic) bond motifs is 1. The van der Waals surface area contributed by atoms with Gasteiger partial charge in [-0.25, -0.2) is 13.2 Å². The molecule has 1 aliphatic carbocycles. The Balaban J connectivity index is 1.81. The van der Waals surface area contributed by atoms with Gasteiger partial charge in [0.15, 0.2) is 0 Å². The number of nitrogens with zero attached hydrogens (tertiary/aromatic N) is 2. The molecule has 0 aromatic heterocycles. The molecule has 1 saturated heterocycles. The highest BCUT2D eigenvalue weighted by atomic mass is 32.2. The molecule has 0 bridgehead atoms. The molecule has 14 heteroatoms. The third-order valence-corrected chi connectivity index (χ3v) is 12.2. The average molecular weight is 743 g/mol. The van der Waals surface area contributed by atoms with Crippen LogP contribution in [0.1, 0.15) is 73.3 Å². The van der Waals surface area contributed by atoms with Crippen LogP contribution in [-0.4, -0.2) is 98.0 Å². The van der Waals surface area contributed by atoms with E-state index in [-0.39, 0.29) is 48.2 Å². The fourth-order valence-corrected chi connectivity index (χ4v) is 8.06. The summed E-state index contributed by atoms with van der Waals surface area (Å²) in [6.45, 7) is 22.7. The smallest absolute Gasteiger partial charge is 0.315 e. The molecule has 52 heavy (non-hydrogen) atoms. The molecule has 1 heterocycles. The molecule has 2 fully saturated rings. The third-order valence-electron chi connectivity index (χ3n) is 10.3. The van der Waals surface area contributed by atoms with Gasteiger partial charge in [0.25, 0.3) is 5.91 Å². The quantitative estimate of drug-likeness (QED) is 0.140. The fraction of sp³-hybridized carbons (Fsp3) is 0.605. The van der Waals surface area contributed by atoms with Crippen molar-refractivity contribution in [1.82, 2.24) is 30.5 Å². The summed E-state index contributed by atoms with van der Waals surface area (Å²) in [6, 6.07) is 1.91. The second kappa shape index (κ2) is 16.7. The van der Waals surface area contributed by atoms with E-state index in [4.69, 9.17) is 0 Å². The molecule has 5 amide bonds. The molecule has 1 saturated carbocycles. The van der Waals surface area contributed by atoms with Crippen molar-refractivity contribution in [3.05, 3.63) is 54.6 Å². The Morgan fingerprint density at radius 2 is 1.67 bits per heavy atom. The number of likely N-dealkylation sites (tertiary alicyclic amines) is 1. The maximum atomic E-state index is 14.4. The molecule has 3 rings (SSSR count). The van der Waals surface area contributed by atoms with E-state index < -0.39 is 69.1 Å². The van der Waals surface area contributed by atoms with Crippen molar-refractivity contribution in [2.45, 2.75) is 104 Å². The van der Waals surface area contributed by atoms with Crippen molar-refractivity contribution in [3.63, 3.8) is 0 Å². The first-order valence-corrected chi connectivity index (χ1v) is 19.3. The van der Waals surface area contributed by atoms with E-state index in [9.17, 15) is 32.4 Å². The number of likely N-dealkylation sites (N-methyl/N-ethyl adjacent to an activating group) is 1. The molecule has 13 nitrogen and oxygen atoms in total. The fourth-order valence-electron chi connectivity index (χ4n) is 6.87. The minimum absolute atomic E-state index is 0.0288. The van der Waals surface area contributed by atoms with Gasteiger partial charge in [0.1, 0.15) is 12.1 Å². The van der Waals surface area contributed by atoms with Crippen LogP contribution in [0.25, 0.3) is 0 Å². The molecule has 0 spiro atoms. The van der Waals surface area contributed by atoms with Crippen LogP contribution >= 0.6 is 0 Å². The predicted molar refractivity (Wildman–Crippen MR) is 200 cm³/mol. The lowest BCUT2D eigenvalue weighted by atomic mass is 9.85. The molecular formula is C38H58N6O7S. The number of amides is 5. The Morgan fingerprint density at radius 3 is 2.21 bits per heavy atom. The highest BCUT2D eigenvalue weighted by Crippen LogP contribution is 2.65. The van der Waals surface area contributed by atoms with Gasteiger partial charge in [-0.3, -0.25) is 19.2 Å². The number of carbonyl (C=O) groups excluding carboxylic acids is 5. The lowest BCUT2D eigenvalue weighted by Gasteiger charge is -2.38. The van der Waals surface area contributed by atoms with Gasteiger partial charge >= 0.3 is 6.03 Å². The Hall–Kier alpha value is -4.04. The molecule has 1 aromatic rings. The first-order chi connectivity index (χ1) is 24.1. The maximum Gasteiger partial charge on any atom is 0.315 e. The number of sulfonamides is 1. The van der Waals surface area contributed by atoms with Crippen LogP contribution in [-0.2, 0) is 29.2 Å². The number of carbonyl (C=O) groups is 5. The van der Waals surface area contributed by atoms with Gasteiger partial charge in [0.05, 0.1) is 17.0 Å². The zero-order valence-electron chi connectivity index (χ0n) is 32.2. The Morgan fingerprint density at radius 1 is 1.06 bits per heavy atom. The number of aryl methyl sites for hydroxylation is 1. The number of benzene rings is 1. The monoisotopic (exact) mass is 742 g/mol. The lowest BCUT2D eigenvalue weighted by molar-refractivity contribution is -0.145. The zero-order chi connectivity index (χ0) is 39.3. The van der Waals surface area contributed by atoms with Crippen LogP contribution < -0.4 is 21.3 Å². The maximum absolute atomic E-state index is 14.4. The van der Waals surface area contributed by atoms with Crippen molar-refractivity contribution < 1.29 is 32.4 Å². The van der Waals surface area contributed by atoms with E-state index in [0.717, 1.165) is 16.3 Å². The van der Waals surface area contributed by atoms with E-state index in [2.05, 4.69) is 34.4 Å². The lowest BCUT2D eigenvalue weighted by Crippen LogP contribution is -2.62. The zero-order valence-corrected chi connectivity index (χ0v) is 33.0. The molecule has 4 N–H and O–H groups in total. The van der Waals surface area contributed by atoms with Gasteiger partial charge in [-0.15, -0.1) is 6.58 Å². The molecule has 2 aliphatic rings. The minimum Gasteiger partial charge on any atom is -0.346 e. The summed E-state index contributed by atoms with van der Waals surface area (Å²) in [4.78, 5) is 69.3. The molecule has 0 radical (unpaired) electrons. The van der Waals surface area contributed by atoms with Crippen LogP contribution in [0.2, 0.25) is 0 Å². The highest BCUT2D eigenvalue weighted by Gasteiger charge is 2.70. The molecule has 288 valence electrons. The second-order valence-corrected chi connectivity index (χ2v) is 17.9. The van der Waals surface area contributed by atoms with Crippen LogP contribution in [0.15, 0.2) is 54.0 Å². The Kier molecular flexibility index (Phi) is 13.6. The van der Waals surface area contributed by atoms with Gasteiger partial charge in [-0.05, 0) is 55.1 Å². The molecule has 1 aliphatic heterocycles. The van der Waals surface area contributed by atoms with E-state index in [0.29, 0.717) is 12.0 Å². The van der Waals surface area contributed by atoms with Gasteiger partial charge in [-0.1, -0.05) is 90.3 Å². The predicted octanol–water partition coefficient (Wildman–Crippen LogP) is 3.30. The van der Waals surface area contributed by atoms with Crippen LogP contribution in [0.3, 0.4) is 0 Å². The molecule has 1 unspecified atom stereocenters. The number of Topliss-reactive ketones (excluding diaryl/α,β-unsaturated/α-hetero) is 1.